The Hall–Kier alpha value is -1.38. The zero-order valence-electron chi connectivity index (χ0n) is 9.99. The van der Waals surface area contributed by atoms with Crippen molar-refractivity contribution in [3.63, 3.8) is 0 Å². The van der Waals surface area contributed by atoms with Gasteiger partial charge in [0.1, 0.15) is 5.82 Å². The lowest BCUT2D eigenvalue weighted by Crippen LogP contribution is -2.28. The van der Waals surface area contributed by atoms with Gasteiger partial charge in [0.05, 0.1) is 11.3 Å². The normalized spacial score (nSPS) is 17.4. The Kier molecular flexibility index (Phi) is 4.13. The summed E-state index contributed by atoms with van der Waals surface area (Å²) in [6.07, 6.45) is 6.61. The lowest BCUT2D eigenvalue weighted by Gasteiger charge is -2.28. The van der Waals surface area contributed by atoms with Gasteiger partial charge in [0.15, 0.2) is 6.29 Å². The summed E-state index contributed by atoms with van der Waals surface area (Å²) in [5, 5.41) is 0. The molecule has 3 heteroatoms. The molecule has 1 aromatic carbocycles. The highest BCUT2D eigenvalue weighted by atomic mass is 19.1. The smallest absolute Gasteiger partial charge is 0.155 e. The third kappa shape index (κ3) is 2.84. The number of halogens is 1. The van der Waals surface area contributed by atoms with E-state index in [2.05, 4.69) is 4.90 Å². The Bertz CT molecular complexity index is 384. The van der Waals surface area contributed by atoms with Gasteiger partial charge in [0, 0.05) is 13.1 Å². The summed E-state index contributed by atoms with van der Waals surface area (Å²) in [6.45, 7) is 1.84. The average molecular weight is 235 g/mol. The molecule has 1 aliphatic heterocycles. The van der Waals surface area contributed by atoms with E-state index in [4.69, 9.17) is 0 Å². The molecule has 0 bridgehead atoms. The summed E-state index contributed by atoms with van der Waals surface area (Å²) >= 11 is 0. The van der Waals surface area contributed by atoms with E-state index < -0.39 is 5.82 Å². The molecule has 1 aromatic rings. The molecule has 0 amide bonds. The first-order valence-corrected chi connectivity index (χ1v) is 6.31. The molecule has 0 N–H and O–H groups in total. The van der Waals surface area contributed by atoms with E-state index in [9.17, 15) is 9.18 Å². The average Bonchev–Trinajstić information content (AvgIpc) is 2.28. The van der Waals surface area contributed by atoms with Crippen LogP contribution in [0.25, 0.3) is 0 Å². The Morgan fingerprint density at radius 2 is 1.71 bits per heavy atom. The molecule has 1 saturated heterocycles. The van der Waals surface area contributed by atoms with Crippen molar-refractivity contribution in [2.45, 2.75) is 32.1 Å². The molecule has 0 atom stereocenters. The fraction of sp³-hybridized carbons (Fsp3) is 0.500. The number of benzene rings is 1. The number of nitrogens with zero attached hydrogens (tertiary/aromatic N) is 1. The quantitative estimate of drug-likeness (QED) is 0.732. The second-order valence-electron chi connectivity index (χ2n) is 4.55. The van der Waals surface area contributed by atoms with Gasteiger partial charge in [0.25, 0.3) is 0 Å². The third-order valence-electron chi connectivity index (χ3n) is 3.34. The van der Waals surface area contributed by atoms with Crippen molar-refractivity contribution in [3.8, 4) is 0 Å². The third-order valence-corrected chi connectivity index (χ3v) is 3.34. The van der Waals surface area contributed by atoms with Crippen molar-refractivity contribution in [2.75, 3.05) is 18.0 Å². The standard InChI is InChI=1S/C14H18FNO/c15-13-7-6-8-14(12(13)11-17)16-9-4-2-1-3-5-10-16/h6-8,11H,1-5,9-10H2. The number of carbonyl (C=O) groups is 1. The van der Waals surface area contributed by atoms with E-state index in [0.717, 1.165) is 31.6 Å². The predicted octanol–water partition coefficient (Wildman–Crippen LogP) is 3.41. The van der Waals surface area contributed by atoms with E-state index in [-0.39, 0.29) is 5.56 Å². The molecular formula is C14H18FNO. The number of anilines is 1. The second kappa shape index (κ2) is 5.80. The molecule has 0 radical (unpaired) electrons. The van der Waals surface area contributed by atoms with Crippen molar-refractivity contribution in [3.05, 3.63) is 29.6 Å². The molecule has 92 valence electrons. The van der Waals surface area contributed by atoms with E-state index in [0.29, 0.717) is 6.29 Å². The highest BCUT2D eigenvalue weighted by molar-refractivity contribution is 5.85. The van der Waals surface area contributed by atoms with Crippen molar-refractivity contribution in [2.24, 2.45) is 0 Å². The van der Waals surface area contributed by atoms with Crippen LogP contribution in [0.2, 0.25) is 0 Å². The van der Waals surface area contributed by atoms with Crippen LogP contribution in [0.1, 0.15) is 42.5 Å². The summed E-state index contributed by atoms with van der Waals surface area (Å²) in [5.74, 6) is -0.417. The largest absolute Gasteiger partial charge is 0.371 e. The van der Waals surface area contributed by atoms with Gasteiger partial charge in [0.2, 0.25) is 0 Å². The number of carbonyl (C=O) groups excluding carboxylic acids is 1. The molecule has 2 rings (SSSR count). The van der Waals surface area contributed by atoms with Gasteiger partial charge in [-0.1, -0.05) is 25.3 Å². The maximum atomic E-state index is 13.5. The van der Waals surface area contributed by atoms with Gasteiger partial charge in [-0.2, -0.15) is 0 Å². The van der Waals surface area contributed by atoms with Gasteiger partial charge >= 0.3 is 0 Å². The van der Waals surface area contributed by atoms with Gasteiger partial charge < -0.3 is 4.90 Å². The highest BCUT2D eigenvalue weighted by Crippen LogP contribution is 2.24. The Morgan fingerprint density at radius 1 is 1.06 bits per heavy atom. The Labute approximate surface area is 101 Å². The summed E-state index contributed by atoms with van der Waals surface area (Å²) in [4.78, 5) is 13.1. The number of aldehydes is 1. The van der Waals surface area contributed by atoms with Crippen LogP contribution in [0, 0.1) is 5.82 Å². The van der Waals surface area contributed by atoms with E-state index >= 15 is 0 Å². The maximum Gasteiger partial charge on any atom is 0.155 e. The van der Waals surface area contributed by atoms with Crippen molar-refractivity contribution in [1.82, 2.24) is 0 Å². The SMILES string of the molecule is O=Cc1c(F)cccc1N1CCCCCCC1. The van der Waals surface area contributed by atoms with Crippen LogP contribution < -0.4 is 4.90 Å². The van der Waals surface area contributed by atoms with Crippen molar-refractivity contribution < 1.29 is 9.18 Å². The molecule has 1 fully saturated rings. The number of rotatable bonds is 2. The van der Waals surface area contributed by atoms with Gasteiger partial charge in [-0.25, -0.2) is 4.39 Å². The molecule has 17 heavy (non-hydrogen) atoms. The lowest BCUT2D eigenvalue weighted by atomic mass is 10.1. The minimum Gasteiger partial charge on any atom is -0.371 e. The predicted molar refractivity (Wildman–Crippen MR) is 67.1 cm³/mol. The fourth-order valence-corrected chi connectivity index (χ4v) is 2.41. The van der Waals surface area contributed by atoms with E-state index in [1.165, 1.54) is 25.3 Å². The molecule has 0 unspecified atom stereocenters. The highest BCUT2D eigenvalue weighted by Gasteiger charge is 2.15. The van der Waals surface area contributed by atoms with Crippen molar-refractivity contribution >= 4 is 12.0 Å². The Morgan fingerprint density at radius 3 is 2.35 bits per heavy atom. The summed E-state index contributed by atoms with van der Waals surface area (Å²) in [7, 11) is 0. The topological polar surface area (TPSA) is 20.3 Å². The minimum atomic E-state index is -0.417. The molecule has 0 aromatic heterocycles. The lowest BCUT2D eigenvalue weighted by molar-refractivity contribution is 0.112. The molecule has 1 heterocycles. The first-order chi connectivity index (χ1) is 8.33. The number of hydrogen-bond donors (Lipinski definition) is 0. The Balaban J connectivity index is 2.24. The number of hydrogen-bond acceptors (Lipinski definition) is 2. The van der Waals surface area contributed by atoms with Crippen LogP contribution >= 0.6 is 0 Å². The molecule has 1 aliphatic rings. The molecule has 2 nitrogen and oxygen atoms in total. The van der Waals surface area contributed by atoms with Gasteiger partial charge in [-0.3, -0.25) is 4.79 Å². The fourth-order valence-electron chi connectivity index (χ4n) is 2.41. The first kappa shape index (κ1) is 12.1. The molecular weight excluding hydrogens is 217 g/mol. The van der Waals surface area contributed by atoms with Crippen molar-refractivity contribution in [1.29, 1.82) is 0 Å². The molecule has 0 saturated carbocycles. The van der Waals surface area contributed by atoms with Gasteiger partial charge in [-0.15, -0.1) is 0 Å². The molecule has 0 aliphatic carbocycles. The zero-order valence-corrected chi connectivity index (χ0v) is 9.99. The van der Waals surface area contributed by atoms with Crippen LogP contribution in [-0.2, 0) is 0 Å². The first-order valence-electron chi connectivity index (χ1n) is 6.31. The van der Waals surface area contributed by atoms with Crippen LogP contribution in [0.15, 0.2) is 18.2 Å². The van der Waals surface area contributed by atoms with Crippen LogP contribution in [0.5, 0.6) is 0 Å². The second-order valence-corrected chi connectivity index (χ2v) is 4.55. The summed E-state index contributed by atoms with van der Waals surface area (Å²) in [6, 6.07) is 4.86. The summed E-state index contributed by atoms with van der Waals surface area (Å²) < 4.78 is 13.5. The van der Waals surface area contributed by atoms with Crippen LogP contribution in [0.3, 0.4) is 0 Å². The van der Waals surface area contributed by atoms with Crippen LogP contribution in [0.4, 0.5) is 10.1 Å². The molecule has 0 spiro atoms. The zero-order chi connectivity index (χ0) is 12.1. The monoisotopic (exact) mass is 235 g/mol. The minimum absolute atomic E-state index is 0.202. The van der Waals surface area contributed by atoms with E-state index in [1.807, 2.05) is 6.07 Å². The van der Waals surface area contributed by atoms with E-state index in [1.54, 1.807) is 6.07 Å². The van der Waals surface area contributed by atoms with Gasteiger partial charge in [-0.05, 0) is 25.0 Å². The summed E-state index contributed by atoms with van der Waals surface area (Å²) in [5.41, 5.74) is 0.954. The van der Waals surface area contributed by atoms with Crippen LogP contribution in [-0.4, -0.2) is 19.4 Å². The maximum absolute atomic E-state index is 13.5.